The van der Waals surface area contributed by atoms with Gasteiger partial charge in [-0.15, -0.1) is 0 Å². The lowest BCUT2D eigenvalue weighted by molar-refractivity contribution is 0.0993. The summed E-state index contributed by atoms with van der Waals surface area (Å²) in [4.78, 5) is 37.0. The first kappa shape index (κ1) is 12.7. The van der Waals surface area contributed by atoms with Gasteiger partial charge in [0.05, 0.1) is 5.69 Å². The zero-order chi connectivity index (χ0) is 15.0. The molecule has 2 amide bonds. The van der Waals surface area contributed by atoms with Crippen molar-refractivity contribution in [2.75, 3.05) is 5.32 Å². The van der Waals surface area contributed by atoms with Gasteiger partial charge in [0, 0.05) is 18.0 Å². The van der Waals surface area contributed by atoms with Gasteiger partial charge >= 0.3 is 5.69 Å². The third-order valence-corrected chi connectivity index (χ3v) is 2.89. The van der Waals surface area contributed by atoms with E-state index in [4.69, 9.17) is 5.73 Å². The molecule has 0 aliphatic carbocycles. The molecule has 0 aromatic carbocycles. The summed E-state index contributed by atoms with van der Waals surface area (Å²) < 4.78 is 1.28. The highest BCUT2D eigenvalue weighted by molar-refractivity contribution is 6.05. The first-order chi connectivity index (χ1) is 10.0. The monoisotopic (exact) mass is 286 g/mol. The van der Waals surface area contributed by atoms with Gasteiger partial charge in [0.1, 0.15) is 5.69 Å². The molecule has 21 heavy (non-hydrogen) atoms. The van der Waals surface area contributed by atoms with Gasteiger partial charge in [-0.3, -0.25) is 14.0 Å². The summed E-state index contributed by atoms with van der Waals surface area (Å²) in [5, 5.41) is 8.65. The summed E-state index contributed by atoms with van der Waals surface area (Å²) in [5.74, 6) is -1.02. The number of fused-ring (bicyclic) bond motifs is 1. The first-order valence-electron chi connectivity index (χ1n) is 5.91. The standard InChI is InChI=1S/C12H10N6O3/c13-10(19)8-4-7(5-14-8)15-11(20)6-1-2-18-9(3-6)16-17-12(18)21/h1-5,14H,(H2,13,19)(H,15,20)(H,17,21). The molecule has 0 radical (unpaired) electrons. The van der Waals surface area contributed by atoms with E-state index in [1.165, 1.54) is 35.0 Å². The maximum atomic E-state index is 12.1. The summed E-state index contributed by atoms with van der Waals surface area (Å²) in [6.45, 7) is 0. The molecule has 3 rings (SSSR count). The number of hydrogen-bond acceptors (Lipinski definition) is 4. The molecule has 9 nitrogen and oxygen atoms in total. The Kier molecular flexibility index (Phi) is 2.79. The number of carbonyl (C=O) groups is 2. The van der Waals surface area contributed by atoms with Gasteiger partial charge < -0.3 is 16.0 Å². The van der Waals surface area contributed by atoms with E-state index in [0.717, 1.165) is 0 Å². The normalized spacial score (nSPS) is 10.7. The fourth-order valence-electron chi connectivity index (χ4n) is 1.86. The van der Waals surface area contributed by atoms with E-state index in [9.17, 15) is 14.4 Å². The van der Waals surface area contributed by atoms with Crippen LogP contribution in [0.2, 0.25) is 0 Å². The Balaban J connectivity index is 1.85. The van der Waals surface area contributed by atoms with Crippen molar-refractivity contribution >= 4 is 23.1 Å². The molecule has 0 unspecified atom stereocenters. The molecule has 3 heterocycles. The van der Waals surface area contributed by atoms with Crippen molar-refractivity contribution in [3.63, 3.8) is 0 Å². The first-order valence-corrected chi connectivity index (χ1v) is 5.91. The predicted molar refractivity (Wildman–Crippen MR) is 73.1 cm³/mol. The van der Waals surface area contributed by atoms with Crippen molar-refractivity contribution in [1.29, 1.82) is 0 Å². The van der Waals surface area contributed by atoms with E-state index >= 15 is 0 Å². The fraction of sp³-hybridized carbons (Fsp3) is 0. The summed E-state index contributed by atoms with van der Waals surface area (Å²) >= 11 is 0. The van der Waals surface area contributed by atoms with Gasteiger partial charge in [-0.2, -0.15) is 5.10 Å². The lowest BCUT2D eigenvalue weighted by Gasteiger charge is -2.02. The van der Waals surface area contributed by atoms with Gasteiger partial charge in [0.25, 0.3) is 11.8 Å². The third-order valence-electron chi connectivity index (χ3n) is 2.89. The van der Waals surface area contributed by atoms with Crippen molar-refractivity contribution in [2.45, 2.75) is 0 Å². The van der Waals surface area contributed by atoms with E-state index in [1.807, 2.05) is 0 Å². The molecule has 0 aliphatic rings. The van der Waals surface area contributed by atoms with Gasteiger partial charge in [0.15, 0.2) is 5.65 Å². The largest absolute Gasteiger partial charge is 0.364 e. The van der Waals surface area contributed by atoms with Gasteiger partial charge in [0.2, 0.25) is 0 Å². The molecule has 0 bridgehead atoms. The number of amides is 2. The number of aromatic nitrogens is 4. The SMILES string of the molecule is NC(=O)c1cc(NC(=O)c2ccn3c(=O)[nH]nc3c2)c[nH]1. The second kappa shape index (κ2) is 4.63. The van der Waals surface area contributed by atoms with Gasteiger partial charge in [-0.05, 0) is 18.2 Å². The summed E-state index contributed by atoms with van der Waals surface area (Å²) in [6.07, 6.45) is 2.90. The Morgan fingerprint density at radius 1 is 1.33 bits per heavy atom. The number of rotatable bonds is 3. The maximum absolute atomic E-state index is 12.1. The van der Waals surface area contributed by atoms with Crippen LogP contribution in [-0.4, -0.2) is 31.4 Å². The predicted octanol–water partition coefficient (Wildman–Crippen LogP) is -0.298. The van der Waals surface area contributed by atoms with Crippen LogP contribution in [0.5, 0.6) is 0 Å². The highest BCUT2D eigenvalue weighted by Gasteiger charge is 2.11. The molecule has 0 saturated heterocycles. The van der Waals surface area contributed by atoms with Crippen LogP contribution in [0.3, 0.4) is 0 Å². The molecule has 0 saturated carbocycles. The molecule has 106 valence electrons. The van der Waals surface area contributed by atoms with Crippen LogP contribution in [-0.2, 0) is 0 Å². The summed E-state index contributed by atoms with van der Waals surface area (Å²) in [6, 6.07) is 4.38. The number of H-pyrrole nitrogens is 2. The molecule has 0 fully saturated rings. The number of nitrogens with two attached hydrogens (primary N) is 1. The van der Waals surface area contributed by atoms with Crippen LogP contribution < -0.4 is 16.7 Å². The van der Waals surface area contributed by atoms with Crippen LogP contribution in [0.4, 0.5) is 5.69 Å². The van der Waals surface area contributed by atoms with Crippen LogP contribution in [0, 0.1) is 0 Å². The summed E-state index contributed by atoms with van der Waals surface area (Å²) in [5.41, 5.74) is 5.99. The lowest BCUT2D eigenvalue weighted by atomic mass is 10.2. The molecule has 3 aromatic heterocycles. The van der Waals surface area contributed by atoms with Crippen LogP contribution in [0.1, 0.15) is 20.8 Å². The fourth-order valence-corrected chi connectivity index (χ4v) is 1.86. The highest BCUT2D eigenvalue weighted by Crippen LogP contribution is 2.11. The summed E-state index contributed by atoms with van der Waals surface area (Å²) in [7, 11) is 0. The molecular weight excluding hydrogens is 276 g/mol. The van der Waals surface area contributed by atoms with E-state index in [1.54, 1.807) is 0 Å². The van der Waals surface area contributed by atoms with E-state index in [-0.39, 0.29) is 11.4 Å². The Morgan fingerprint density at radius 3 is 2.86 bits per heavy atom. The number of aromatic amines is 2. The average molecular weight is 286 g/mol. The van der Waals surface area contributed by atoms with E-state index in [0.29, 0.717) is 16.9 Å². The van der Waals surface area contributed by atoms with Crippen LogP contribution in [0.25, 0.3) is 5.65 Å². The smallest absolute Gasteiger partial charge is 0.347 e. The minimum Gasteiger partial charge on any atom is -0.364 e. The number of nitrogens with one attached hydrogen (secondary N) is 3. The number of nitrogens with zero attached hydrogens (tertiary/aromatic N) is 2. The second-order valence-electron chi connectivity index (χ2n) is 4.29. The van der Waals surface area contributed by atoms with Crippen molar-refractivity contribution in [2.24, 2.45) is 5.73 Å². The Bertz CT molecular complexity index is 903. The minimum absolute atomic E-state index is 0.194. The molecule has 9 heteroatoms. The van der Waals surface area contributed by atoms with Gasteiger partial charge in [-0.1, -0.05) is 0 Å². The molecule has 5 N–H and O–H groups in total. The maximum Gasteiger partial charge on any atom is 0.347 e. The molecule has 3 aromatic rings. The van der Waals surface area contributed by atoms with Crippen molar-refractivity contribution in [1.82, 2.24) is 19.6 Å². The second-order valence-corrected chi connectivity index (χ2v) is 4.29. The number of carbonyl (C=O) groups excluding carboxylic acids is 2. The Hall–Kier alpha value is -3.36. The molecule has 0 atom stereocenters. The molecule has 0 spiro atoms. The lowest BCUT2D eigenvalue weighted by Crippen LogP contribution is -2.14. The van der Waals surface area contributed by atoms with E-state index in [2.05, 4.69) is 20.5 Å². The van der Waals surface area contributed by atoms with Crippen LogP contribution in [0.15, 0.2) is 35.4 Å². The number of primary amides is 1. The number of anilines is 1. The van der Waals surface area contributed by atoms with Crippen molar-refractivity contribution in [3.8, 4) is 0 Å². The van der Waals surface area contributed by atoms with Gasteiger partial charge in [-0.25, -0.2) is 9.89 Å². The molecule has 0 aliphatic heterocycles. The quantitative estimate of drug-likeness (QED) is 0.525. The minimum atomic E-state index is -0.618. The Labute approximate surface area is 116 Å². The zero-order valence-corrected chi connectivity index (χ0v) is 10.6. The zero-order valence-electron chi connectivity index (χ0n) is 10.6. The average Bonchev–Trinajstić information content (AvgIpc) is 3.06. The Morgan fingerprint density at radius 2 is 2.14 bits per heavy atom. The number of hydrogen-bond donors (Lipinski definition) is 4. The third kappa shape index (κ3) is 2.27. The van der Waals surface area contributed by atoms with Crippen molar-refractivity contribution < 1.29 is 9.59 Å². The number of pyridine rings is 1. The van der Waals surface area contributed by atoms with E-state index < -0.39 is 11.8 Å². The van der Waals surface area contributed by atoms with Crippen molar-refractivity contribution in [3.05, 3.63) is 52.3 Å². The van der Waals surface area contributed by atoms with Crippen LogP contribution >= 0.6 is 0 Å². The molecular formula is C12H10N6O3. The highest BCUT2D eigenvalue weighted by atomic mass is 16.2. The topological polar surface area (TPSA) is 138 Å².